The van der Waals surface area contributed by atoms with Crippen molar-refractivity contribution in [3.8, 4) is 11.3 Å². The minimum Gasteiger partial charge on any atom is -0.476 e. The topological polar surface area (TPSA) is 66.3 Å². The normalized spacial score (nSPS) is 15.3. The summed E-state index contributed by atoms with van der Waals surface area (Å²) in [4.78, 5) is 22.2. The third-order valence-corrected chi connectivity index (χ3v) is 4.25. The number of carboxylic acid groups (broad SMARTS) is 1. The first-order valence-electron chi connectivity index (χ1n) is 7.76. The maximum Gasteiger partial charge on any atom is 0.356 e. The zero-order valence-electron chi connectivity index (χ0n) is 12.7. The predicted octanol–water partition coefficient (Wildman–Crippen LogP) is 3.88. The second-order valence-electron chi connectivity index (χ2n) is 5.64. The number of anilines is 1. The Balaban J connectivity index is 2.06. The molecular weight excluding hydrogens is 314 g/mol. The van der Waals surface area contributed by atoms with Gasteiger partial charge < -0.3 is 10.0 Å². The summed E-state index contributed by atoms with van der Waals surface area (Å²) in [7, 11) is 0. The van der Waals surface area contributed by atoms with Crippen molar-refractivity contribution in [3.05, 3.63) is 41.2 Å². The summed E-state index contributed by atoms with van der Waals surface area (Å²) in [5, 5.41) is 9.84. The first-order chi connectivity index (χ1) is 11.1. The summed E-state index contributed by atoms with van der Waals surface area (Å²) in [6, 6.07) is 7.25. The fourth-order valence-electron chi connectivity index (χ4n) is 2.80. The van der Waals surface area contributed by atoms with E-state index in [0.29, 0.717) is 10.7 Å². The van der Waals surface area contributed by atoms with Gasteiger partial charge in [0.15, 0.2) is 11.5 Å². The molecule has 23 heavy (non-hydrogen) atoms. The van der Waals surface area contributed by atoms with Gasteiger partial charge in [0.2, 0.25) is 0 Å². The van der Waals surface area contributed by atoms with Crippen LogP contribution in [0.2, 0.25) is 5.02 Å². The summed E-state index contributed by atoms with van der Waals surface area (Å²) < 4.78 is 0. The Labute approximate surface area is 139 Å². The summed E-state index contributed by atoms with van der Waals surface area (Å²) in [5.41, 5.74) is 1.38. The Morgan fingerprint density at radius 1 is 1.09 bits per heavy atom. The number of rotatable bonds is 3. The maximum absolute atomic E-state index is 11.2. The third kappa shape index (κ3) is 3.62. The highest BCUT2D eigenvalue weighted by Gasteiger charge is 2.19. The van der Waals surface area contributed by atoms with Crippen LogP contribution >= 0.6 is 11.6 Å². The van der Waals surface area contributed by atoms with Crippen molar-refractivity contribution in [3.63, 3.8) is 0 Å². The van der Waals surface area contributed by atoms with Crippen molar-refractivity contribution in [2.75, 3.05) is 18.0 Å². The van der Waals surface area contributed by atoms with Crippen molar-refractivity contribution in [1.82, 2.24) is 9.97 Å². The molecule has 0 radical (unpaired) electrons. The lowest BCUT2D eigenvalue weighted by Crippen LogP contribution is -2.26. The number of halogens is 1. The molecule has 0 spiro atoms. The summed E-state index contributed by atoms with van der Waals surface area (Å²) in [6.07, 6.45) is 5.99. The van der Waals surface area contributed by atoms with Crippen LogP contribution in [0, 0.1) is 0 Å². The number of carbonyl (C=O) groups is 1. The number of carboxylic acids is 1. The van der Waals surface area contributed by atoms with Gasteiger partial charge in [-0.15, -0.1) is 0 Å². The highest BCUT2D eigenvalue weighted by molar-refractivity contribution is 6.30. The number of nitrogens with zero attached hydrogens (tertiary/aromatic N) is 3. The minimum absolute atomic E-state index is 0.0477. The molecule has 1 aliphatic rings. The Morgan fingerprint density at radius 2 is 1.74 bits per heavy atom. The molecule has 5 nitrogen and oxygen atoms in total. The molecule has 2 aromatic rings. The monoisotopic (exact) mass is 331 g/mol. The van der Waals surface area contributed by atoms with Crippen LogP contribution in [0.15, 0.2) is 30.5 Å². The summed E-state index contributed by atoms with van der Waals surface area (Å²) >= 11 is 5.95. The summed E-state index contributed by atoms with van der Waals surface area (Å²) in [5.74, 6) is -0.325. The minimum atomic E-state index is -1.07. The van der Waals surface area contributed by atoms with Gasteiger partial charge in [-0.25, -0.2) is 14.8 Å². The highest BCUT2D eigenvalue weighted by atomic mass is 35.5. The van der Waals surface area contributed by atoms with Crippen LogP contribution in [0.3, 0.4) is 0 Å². The van der Waals surface area contributed by atoms with Crippen LogP contribution in [0.5, 0.6) is 0 Å². The average Bonchev–Trinajstić information content (AvgIpc) is 2.84. The van der Waals surface area contributed by atoms with E-state index in [2.05, 4.69) is 14.9 Å². The summed E-state index contributed by atoms with van der Waals surface area (Å²) in [6.45, 7) is 1.84. The lowest BCUT2D eigenvalue weighted by Gasteiger charge is -2.23. The fraction of sp³-hybridized carbons (Fsp3) is 0.353. The molecule has 120 valence electrons. The van der Waals surface area contributed by atoms with E-state index in [1.54, 1.807) is 12.1 Å². The highest BCUT2D eigenvalue weighted by Crippen LogP contribution is 2.29. The molecular formula is C17H18ClN3O2. The zero-order valence-corrected chi connectivity index (χ0v) is 13.5. The van der Waals surface area contributed by atoms with E-state index in [1.807, 2.05) is 12.1 Å². The SMILES string of the molecule is O=C(O)c1cnc(N2CCCCCC2)c(-c2ccc(Cl)cc2)n1. The molecule has 1 N–H and O–H groups in total. The quantitative estimate of drug-likeness (QED) is 0.924. The smallest absolute Gasteiger partial charge is 0.356 e. The zero-order chi connectivity index (χ0) is 16.2. The van der Waals surface area contributed by atoms with Gasteiger partial charge in [-0.3, -0.25) is 0 Å². The third-order valence-electron chi connectivity index (χ3n) is 4.00. The Hall–Kier alpha value is -2.14. The Kier molecular flexibility index (Phi) is 4.76. The van der Waals surface area contributed by atoms with Gasteiger partial charge in [0, 0.05) is 23.7 Å². The molecule has 1 fully saturated rings. The van der Waals surface area contributed by atoms with E-state index in [4.69, 9.17) is 11.6 Å². The standard InChI is InChI=1S/C17H18ClN3O2/c18-13-7-5-12(6-8-13)15-16(19-11-14(20-15)17(22)23)21-9-3-1-2-4-10-21/h5-8,11H,1-4,9-10H2,(H,22,23). The van der Waals surface area contributed by atoms with Crippen LogP contribution in [0.4, 0.5) is 5.82 Å². The van der Waals surface area contributed by atoms with Gasteiger partial charge in [0.1, 0.15) is 5.69 Å². The lowest BCUT2D eigenvalue weighted by molar-refractivity contribution is 0.0690. The van der Waals surface area contributed by atoms with Crippen LogP contribution in [0.25, 0.3) is 11.3 Å². The molecule has 0 unspecified atom stereocenters. The fourth-order valence-corrected chi connectivity index (χ4v) is 2.93. The van der Waals surface area contributed by atoms with Crippen LogP contribution in [-0.4, -0.2) is 34.1 Å². The van der Waals surface area contributed by atoms with E-state index in [9.17, 15) is 9.90 Å². The van der Waals surface area contributed by atoms with Gasteiger partial charge in [0.05, 0.1) is 6.20 Å². The van der Waals surface area contributed by atoms with E-state index in [1.165, 1.54) is 19.0 Å². The van der Waals surface area contributed by atoms with Gasteiger partial charge in [-0.2, -0.15) is 0 Å². The molecule has 1 aromatic heterocycles. The molecule has 1 saturated heterocycles. The molecule has 0 bridgehead atoms. The van der Waals surface area contributed by atoms with Gasteiger partial charge in [-0.05, 0) is 25.0 Å². The van der Waals surface area contributed by atoms with E-state index in [0.717, 1.165) is 37.3 Å². The Morgan fingerprint density at radius 3 is 2.35 bits per heavy atom. The molecule has 6 heteroatoms. The molecule has 2 heterocycles. The lowest BCUT2D eigenvalue weighted by atomic mass is 10.1. The van der Waals surface area contributed by atoms with Crippen molar-refractivity contribution >= 4 is 23.4 Å². The molecule has 0 aliphatic carbocycles. The molecule has 0 atom stereocenters. The van der Waals surface area contributed by atoms with Gasteiger partial charge >= 0.3 is 5.97 Å². The van der Waals surface area contributed by atoms with Gasteiger partial charge in [-0.1, -0.05) is 36.6 Å². The molecule has 1 aliphatic heterocycles. The second-order valence-corrected chi connectivity index (χ2v) is 6.08. The van der Waals surface area contributed by atoms with Gasteiger partial charge in [0.25, 0.3) is 0 Å². The van der Waals surface area contributed by atoms with E-state index >= 15 is 0 Å². The molecule has 3 rings (SSSR count). The van der Waals surface area contributed by atoms with Crippen LogP contribution in [-0.2, 0) is 0 Å². The van der Waals surface area contributed by atoms with Crippen LogP contribution in [0.1, 0.15) is 36.2 Å². The van der Waals surface area contributed by atoms with Crippen LogP contribution < -0.4 is 4.90 Å². The first-order valence-corrected chi connectivity index (χ1v) is 8.14. The second kappa shape index (κ2) is 6.96. The average molecular weight is 332 g/mol. The van der Waals surface area contributed by atoms with Crippen molar-refractivity contribution in [1.29, 1.82) is 0 Å². The first kappa shape index (κ1) is 15.7. The number of hydrogen-bond acceptors (Lipinski definition) is 4. The number of hydrogen-bond donors (Lipinski definition) is 1. The Bertz CT molecular complexity index is 695. The van der Waals surface area contributed by atoms with E-state index < -0.39 is 5.97 Å². The molecule has 0 saturated carbocycles. The maximum atomic E-state index is 11.2. The largest absolute Gasteiger partial charge is 0.476 e. The number of aromatic carboxylic acids is 1. The van der Waals surface area contributed by atoms with E-state index in [-0.39, 0.29) is 5.69 Å². The number of aromatic nitrogens is 2. The molecule has 0 amide bonds. The van der Waals surface area contributed by atoms with Crippen molar-refractivity contribution in [2.24, 2.45) is 0 Å². The van der Waals surface area contributed by atoms with Crippen molar-refractivity contribution < 1.29 is 9.90 Å². The number of benzene rings is 1. The predicted molar refractivity (Wildman–Crippen MR) is 90.1 cm³/mol. The molecule has 1 aromatic carbocycles. The van der Waals surface area contributed by atoms with Crippen molar-refractivity contribution in [2.45, 2.75) is 25.7 Å².